The lowest BCUT2D eigenvalue weighted by atomic mass is 9.83. The average Bonchev–Trinajstić information content (AvgIpc) is 4.12. The molecule has 64 heavy (non-hydrogen) atoms. The molecule has 0 fully saturated rings. The number of nitrogens with zero attached hydrogens (tertiary/aromatic N) is 4. The van der Waals surface area contributed by atoms with Crippen molar-refractivity contribution < 1.29 is 0 Å². The van der Waals surface area contributed by atoms with Gasteiger partial charge < -0.3 is 0 Å². The molecule has 0 N–H and O–H groups in total. The van der Waals surface area contributed by atoms with Gasteiger partial charge in [-0.05, 0) is 101 Å². The second-order valence-corrected chi connectivity index (χ2v) is 16.9. The monoisotopic (exact) mass is 836 g/mol. The zero-order valence-corrected chi connectivity index (χ0v) is 39.0. The predicted octanol–water partition coefficient (Wildman–Crippen LogP) is 15.9. The highest BCUT2D eigenvalue weighted by Crippen LogP contribution is 2.51. The van der Waals surface area contributed by atoms with Crippen LogP contribution in [0.1, 0.15) is 129 Å². The molecule has 5 aliphatic rings. The normalized spacial score (nSPS) is 17.8. The standard InChI is InChI=1S/C60H60N4/c1-9-41-42(10-2)55-47(15-7)57-45(13-5)49(37-29-21-17-22-30-37)59(63-57)52(40-35-27-20-28-36-40)60-51(39-33-25-19-26-34-39)50(38-31-23-18-24-32-38)58(64-60)48(16-8)56-44(12-4)43(11-3)54(62-56)46(14-6)53(41)61-55/h17-36H,9-16H2,1-8H3. The van der Waals surface area contributed by atoms with E-state index < -0.39 is 0 Å². The first-order chi connectivity index (χ1) is 31.5. The number of rotatable bonds is 12. The van der Waals surface area contributed by atoms with Crippen LogP contribution in [0.2, 0.25) is 0 Å². The summed E-state index contributed by atoms with van der Waals surface area (Å²) in [4.78, 5) is 23.7. The Balaban J connectivity index is 1.57. The molecule has 0 saturated carbocycles. The Kier molecular flexibility index (Phi) is 12.2. The van der Waals surface area contributed by atoms with Crippen molar-refractivity contribution in [2.45, 2.75) is 107 Å². The van der Waals surface area contributed by atoms with Crippen molar-refractivity contribution in [2.75, 3.05) is 0 Å². The maximum absolute atomic E-state index is 6.06. The molecule has 5 aliphatic heterocycles. The lowest BCUT2D eigenvalue weighted by Gasteiger charge is -2.18. The number of hydrogen-bond donors (Lipinski definition) is 0. The Hall–Kier alpha value is -6.52. The smallest absolute Gasteiger partial charge is 0.0823 e. The third-order valence-electron chi connectivity index (χ3n) is 13.6. The second kappa shape index (κ2) is 18.3. The van der Waals surface area contributed by atoms with E-state index in [1.807, 2.05) is 0 Å². The highest BCUT2D eigenvalue weighted by Gasteiger charge is 2.39. The number of benzene rings is 4. The van der Waals surface area contributed by atoms with E-state index in [9.17, 15) is 0 Å². The minimum absolute atomic E-state index is 0.765. The average molecular weight is 837 g/mol. The molecule has 320 valence electrons. The minimum Gasteiger partial charge on any atom is -0.248 e. The van der Waals surface area contributed by atoms with Crippen LogP contribution in [0.15, 0.2) is 209 Å². The fourth-order valence-electron chi connectivity index (χ4n) is 10.7. The lowest BCUT2D eigenvalue weighted by Crippen LogP contribution is -2.07. The Labute approximate surface area is 381 Å². The van der Waals surface area contributed by atoms with Crippen LogP contribution in [0.5, 0.6) is 0 Å². The van der Waals surface area contributed by atoms with Crippen LogP contribution in [0.3, 0.4) is 0 Å². The molecule has 0 amide bonds. The van der Waals surface area contributed by atoms with Crippen molar-refractivity contribution >= 4 is 45.1 Å². The summed E-state index contributed by atoms with van der Waals surface area (Å²) in [5.74, 6) is 0. The Morgan fingerprint density at radius 3 is 0.922 bits per heavy atom. The minimum atomic E-state index is 0.765. The van der Waals surface area contributed by atoms with Crippen LogP contribution in [-0.4, -0.2) is 22.8 Å². The third kappa shape index (κ3) is 6.99. The topological polar surface area (TPSA) is 49.4 Å². The molecule has 5 heterocycles. The first kappa shape index (κ1) is 42.8. The Morgan fingerprint density at radius 1 is 0.234 bits per heavy atom. The molecule has 8 bridgehead atoms. The number of allylic oxidation sites excluding steroid dienone is 12. The van der Waals surface area contributed by atoms with Crippen molar-refractivity contribution in [1.82, 2.24) is 0 Å². The first-order valence-corrected chi connectivity index (χ1v) is 23.9. The van der Waals surface area contributed by atoms with Crippen molar-refractivity contribution in [3.05, 3.63) is 211 Å². The molecule has 4 aromatic rings. The van der Waals surface area contributed by atoms with Crippen molar-refractivity contribution in [2.24, 2.45) is 20.0 Å². The molecule has 9 rings (SSSR count). The van der Waals surface area contributed by atoms with Gasteiger partial charge in [-0.2, -0.15) is 0 Å². The van der Waals surface area contributed by atoms with Gasteiger partial charge in [-0.25, -0.2) is 20.0 Å². The Bertz CT molecular complexity index is 2930. The van der Waals surface area contributed by atoms with Gasteiger partial charge in [-0.3, -0.25) is 0 Å². The molecule has 4 nitrogen and oxygen atoms in total. The van der Waals surface area contributed by atoms with Crippen molar-refractivity contribution in [3.63, 3.8) is 0 Å². The van der Waals surface area contributed by atoms with E-state index in [1.54, 1.807) is 0 Å². The fourth-order valence-corrected chi connectivity index (χ4v) is 10.7. The quantitative estimate of drug-likeness (QED) is 0.136. The zero-order chi connectivity index (χ0) is 44.5. The number of fused-ring (bicyclic) bond motifs is 4. The maximum atomic E-state index is 6.06. The van der Waals surface area contributed by atoms with Gasteiger partial charge >= 0.3 is 0 Å². The molecular weight excluding hydrogens is 777 g/mol. The van der Waals surface area contributed by atoms with Gasteiger partial charge in [0, 0.05) is 39.0 Å². The van der Waals surface area contributed by atoms with Crippen LogP contribution in [0.25, 0.3) is 22.3 Å². The van der Waals surface area contributed by atoms with E-state index in [0.29, 0.717) is 0 Å². The molecule has 4 aromatic carbocycles. The van der Waals surface area contributed by atoms with E-state index in [-0.39, 0.29) is 0 Å². The first-order valence-electron chi connectivity index (χ1n) is 23.9. The summed E-state index contributed by atoms with van der Waals surface area (Å²) in [7, 11) is 0. The molecule has 4 heteroatoms. The summed E-state index contributed by atoms with van der Waals surface area (Å²) >= 11 is 0. The molecular formula is C60H60N4. The molecule has 0 spiro atoms. The van der Waals surface area contributed by atoms with Gasteiger partial charge in [-0.15, -0.1) is 0 Å². The van der Waals surface area contributed by atoms with E-state index in [0.717, 1.165) is 136 Å². The summed E-state index contributed by atoms with van der Waals surface area (Å²) in [6.45, 7) is 18.4. The molecule has 0 radical (unpaired) electrons. The molecule has 0 saturated heterocycles. The molecule has 0 aliphatic carbocycles. The van der Waals surface area contributed by atoms with Crippen LogP contribution >= 0.6 is 0 Å². The van der Waals surface area contributed by atoms with Gasteiger partial charge in [0.1, 0.15) is 0 Å². The van der Waals surface area contributed by atoms with Crippen molar-refractivity contribution in [3.8, 4) is 0 Å². The summed E-state index contributed by atoms with van der Waals surface area (Å²) in [6.07, 6.45) is 6.77. The molecule has 0 atom stereocenters. The van der Waals surface area contributed by atoms with Gasteiger partial charge in [0.05, 0.1) is 45.6 Å². The van der Waals surface area contributed by atoms with E-state index >= 15 is 0 Å². The largest absolute Gasteiger partial charge is 0.248 e. The van der Waals surface area contributed by atoms with Crippen molar-refractivity contribution in [1.29, 1.82) is 0 Å². The van der Waals surface area contributed by atoms with E-state index in [1.165, 1.54) is 50.2 Å². The summed E-state index contributed by atoms with van der Waals surface area (Å²) < 4.78 is 0. The highest BCUT2D eigenvalue weighted by molar-refractivity contribution is 6.51. The molecule has 0 unspecified atom stereocenters. The van der Waals surface area contributed by atoms with Crippen LogP contribution < -0.4 is 0 Å². The highest BCUT2D eigenvalue weighted by atomic mass is 14.9. The predicted molar refractivity (Wildman–Crippen MR) is 274 cm³/mol. The van der Waals surface area contributed by atoms with Gasteiger partial charge in [0.15, 0.2) is 0 Å². The maximum Gasteiger partial charge on any atom is 0.0823 e. The van der Waals surface area contributed by atoms with Gasteiger partial charge in [-0.1, -0.05) is 177 Å². The van der Waals surface area contributed by atoms with Crippen LogP contribution in [0.4, 0.5) is 0 Å². The SMILES string of the molecule is CCC1=C(CC)C2=C(CC)C3=NC(=C(CC)C4=NC(=C(c5ccccc5)C5=NC(=C(CC)C1=N2)C(CC)=C5c1ccccc1)C(c1ccccc1)=C4c1ccccc1)C(CC)=C3CC. The summed E-state index contributed by atoms with van der Waals surface area (Å²) in [6, 6.07) is 43.7. The van der Waals surface area contributed by atoms with Gasteiger partial charge in [0.2, 0.25) is 0 Å². The van der Waals surface area contributed by atoms with Crippen LogP contribution in [0, 0.1) is 0 Å². The number of hydrogen-bond acceptors (Lipinski definition) is 4. The fraction of sp³-hybridized carbons (Fsp3) is 0.267. The Morgan fingerprint density at radius 2 is 0.531 bits per heavy atom. The summed E-state index contributed by atoms with van der Waals surface area (Å²) in [5.41, 5.74) is 27.5. The lowest BCUT2D eigenvalue weighted by molar-refractivity contribution is 1.02. The summed E-state index contributed by atoms with van der Waals surface area (Å²) in [5, 5.41) is 0. The zero-order valence-electron chi connectivity index (χ0n) is 39.0. The van der Waals surface area contributed by atoms with Crippen LogP contribution in [-0.2, 0) is 0 Å². The molecule has 0 aromatic heterocycles. The van der Waals surface area contributed by atoms with Gasteiger partial charge in [0.25, 0.3) is 0 Å². The third-order valence-corrected chi connectivity index (χ3v) is 13.6. The second-order valence-electron chi connectivity index (χ2n) is 16.9. The van der Waals surface area contributed by atoms with E-state index in [4.69, 9.17) is 20.0 Å². The van der Waals surface area contributed by atoms with E-state index in [2.05, 4.69) is 177 Å². The number of aliphatic imine (C=N–C) groups is 4.